The fourth-order valence-electron chi connectivity index (χ4n) is 1.44. The smallest absolute Gasteiger partial charge is 0.240 e. The largest absolute Gasteiger partial charge is 0.275 e. The Kier molecular flexibility index (Phi) is 3.84. The van der Waals surface area contributed by atoms with Crippen LogP contribution in [0, 0.1) is 0 Å². The van der Waals surface area contributed by atoms with Crippen molar-refractivity contribution < 1.29 is 8.42 Å². The summed E-state index contributed by atoms with van der Waals surface area (Å²) in [4.78, 5) is 0.245. The predicted molar refractivity (Wildman–Crippen MR) is 71.4 cm³/mol. The maximum absolute atomic E-state index is 12.0. The van der Waals surface area contributed by atoms with Crippen molar-refractivity contribution in [3.63, 3.8) is 0 Å². The van der Waals surface area contributed by atoms with Crippen molar-refractivity contribution in [1.82, 2.24) is 14.5 Å². The molecule has 0 amide bonds. The molecule has 0 saturated heterocycles. The lowest BCUT2D eigenvalue weighted by Crippen LogP contribution is -2.22. The van der Waals surface area contributed by atoms with Gasteiger partial charge in [-0.3, -0.25) is 4.68 Å². The van der Waals surface area contributed by atoms with E-state index >= 15 is 0 Å². The van der Waals surface area contributed by atoms with Crippen LogP contribution in [0.4, 0.5) is 0 Å². The molecule has 0 aliphatic heterocycles. The van der Waals surface area contributed by atoms with Crippen molar-refractivity contribution in [2.45, 2.75) is 11.4 Å². The topological polar surface area (TPSA) is 64.0 Å². The van der Waals surface area contributed by atoms with E-state index in [1.807, 2.05) is 0 Å². The third-order valence-corrected chi connectivity index (χ3v) is 4.29. The normalized spacial score (nSPS) is 11.7. The van der Waals surface area contributed by atoms with E-state index < -0.39 is 10.0 Å². The molecule has 0 aliphatic rings. The van der Waals surface area contributed by atoms with Gasteiger partial charge in [0.2, 0.25) is 10.0 Å². The monoisotopic (exact) mass is 329 g/mol. The second-order valence-electron chi connectivity index (χ2n) is 3.80. The SMILES string of the molecule is Cn1cc(CNS(=O)(=O)c2ccc(Br)cc2)cn1. The zero-order chi connectivity index (χ0) is 13.2. The number of aromatic nitrogens is 2. The molecule has 5 nitrogen and oxygen atoms in total. The summed E-state index contributed by atoms with van der Waals surface area (Å²) in [6.45, 7) is 0.228. The van der Waals surface area contributed by atoms with E-state index in [0.717, 1.165) is 10.0 Å². The van der Waals surface area contributed by atoms with Crippen molar-refractivity contribution in [1.29, 1.82) is 0 Å². The molecular weight excluding hydrogens is 318 g/mol. The first-order valence-electron chi connectivity index (χ1n) is 5.20. The average molecular weight is 330 g/mol. The highest BCUT2D eigenvalue weighted by Crippen LogP contribution is 2.14. The Labute approximate surface area is 114 Å². The van der Waals surface area contributed by atoms with Gasteiger partial charge in [0.25, 0.3) is 0 Å². The van der Waals surface area contributed by atoms with Crippen LogP contribution >= 0.6 is 15.9 Å². The Morgan fingerprint density at radius 3 is 2.56 bits per heavy atom. The third kappa shape index (κ3) is 3.18. The van der Waals surface area contributed by atoms with Crippen LogP contribution in [0.3, 0.4) is 0 Å². The first-order chi connectivity index (χ1) is 8.47. The molecule has 0 saturated carbocycles. The Balaban J connectivity index is 2.10. The van der Waals surface area contributed by atoms with Gasteiger partial charge in [-0.05, 0) is 24.3 Å². The van der Waals surface area contributed by atoms with Crippen LogP contribution in [0.1, 0.15) is 5.56 Å². The van der Waals surface area contributed by atoms with Gasteiger partial charge in [0, 0.05) is 29.8 Å². The van der Waals surface area contributed by atoms with Gasteiger partial charge >= 0.3 is 0 Å². The second kappa shape index (κ2) is 5.21. The summed E-state index contributed by atoms with van der Waals surface area (Å²) in [5.41, 5.74) is 0.818. The summed E-state index contributed by atoms with van der Waals surface area (Å²) in [7, 11) is -1.69. The molecule has 0 radical (unpaired) electrons. The quantitative estimate of drug-likeness (QED) is 0.927. The average Bonchev–Trinajstić information content (AvgIpc) is 2.73. The molecule has 0 bridgehead atoms. The van der Waals surface area contributed by atoms with Gasteiger partial charge in [0.15, 0.2) is 0 Å². The zero-order valence-electron chi connectivity index (χ0n) is 9.67. The molecular formula is C11H12BrN3O2S. The molecule has 1 N–H and O–H groups in total. The molecule has 0 spiro atoms. The maximum Gasteiger partial charge on any atom is 0.240 e. The van der Waals surface area contributed by atoms with Gasteiger partial charge in [-0.25, -0.2) is 13.1 Å². The molecule has 1 aromatic carbocycles. The number of halogens is 1. The summed E-state index contributed by atoms with van der Waals surface area (Å²) in [5, 5.41) is 3.98. The van der Waals surface area contributed by atoms with E-state index in [2.05, 4.69) is 25.8 Å². The van der Waals surface area contributed by atoms with E-state index in [-0.39, 0.29) is 11.4 Å². The first-order valence-corrected chi connectivity index (χ1v) is 7.48. The number of sulfonamides is 1. The Morgan fingerprint density at radius 2 is 2.00 bits per heavy atom. The Bertz CT molecular complexity index is 635. The molecule has 0 fully saturated rings. The van der Waals surface area contributed by atoms with E-state index in [4.69, 9.17) is 0 Å². The maximum atomic E-state index is 12.0. The van der Waals surface area contributed by atoms with Crippen LogP contribution < -0.4 is 4.72 Å². The molecule has 18 heavy (non-hydrogen) atoms. The number of hydrogen-bond donors (Lipinski definition) is 1. The lowest BCUT2D eigenvalue weighted by molar-refractivity contribution is 0.581. The zero-order valence-corrected chi connectivity index (χ0v) is 12.1. The minimum atomic E-state index is -3.47. The fourth-order valence-corrected chi connectivity index (χ4v) is 2.72. The number of rotatable bonds is 4. The Hall–Kier alpha value is -1.18. The van der Waals surface area contributed by atoms with Gasteiger partial charge in [-0.15, -0.1) is 0 Å². The first kappa shape index (κ1) is 13.3. The fraction of sp³-hybridized carbons (Fsp3) is 0.182. The van der Waals surface area contributed by atoms with Gasteiger partial charge < -0.3 is 0 Å². The molecule has 96 valence electrons. The van der Waals surface area contributed by atoms with Crippen molar-refractivity contribution in [2.24, 2.45) is 7.05 Å². The summed E-state index contributed by atoms with van der Waals surface area (Å²) in [6, 6.07) is 6.49. The molecule has 0 atom stereocenters. The van der Waals surface area contributed by atoms with Crippen molar-refractivity contribution in [3.8, 4) is 0 Å². The lowest BCUT2D eigenvalue weighted by Gasteiger charge is -2.05. The molecule has 0 aliphatic carbocycles. The van der Waals surface area contributed by atoms with Crippen molar-refractivity contribution in [3.05, 3.63) is 46.7 Å². The molecule has 7 heteroatoms. The van der Waals surface area contributed by atoms with Crippen LogP contribution in [-0.2, 0) is 23.6 Å². The molecule has 1 aromatic heterocycles. The minimum Gasteiger partial charge on any atom is -0.275 e. The third-order valence-electron chi connectivity index (χ3n) is 2.35. The van der Waals surface area contributed by atoms with Crippen LogP contribution in [0.15, 0.2) is 46.0 Å². The molecule has 2 aromatic rings. The van der Waals surface area contributed by atoms with Crippen LogP contribution in [0.25, 0.3) is 0 Å². The highest BCUT2D eigenvalue weighted by Gasteiger charge is 2.13. The Morgan fingerprint density at radius 1 is 1.33 bits per heavy atom. The van der Waals surface area contributed by atoms with Gasteiger partial charge in [-0.1, -0.05) is 15.9 Å². The minimum absolute atomic E-state index is 0.228. The van der Waals surface area contributed by atoms with Crippen molar-refractivity contribution in [2.75, 3.05) is 0 Å². The van der Waals surface area contributed by atoms with E-state index in [0.29, 0.717) is 0 Å². The number of hydrogen-bond acceptors (Lipinski definition) is 3. The standard InChI is InChI=1S/C11H12BrN3O2S/c1-15-8-9(6-13-15)7-14-18(16,17)11-4-2-10(12)3-5-11/h2-6,8,14H,7H2,1H3. The number of nitrogens with one attached hydrogen (secondary N) is 1. The van der Waals surface area contributed by atoms with E-state index in [1.165, 1.54) is 0 Å². The highest BCUT2D eigenvalue weighted by atomic mass is 79.9. The highest BCUT2D eigenvalue weighted by molar-refractivity contribution is 9.10. The van der Waals surface area contributed by atoms with Gasteiger partial charge in [0.1, 0.15) is 0 Å². The van der Waals surface area contributed by atoms with Crippen LogP contribution in [-0.4, -0.2) is 18.2 Å². The van der Waals surface area contributed by atoms with E-state index in [9.17, 15) is 8.42 Å². The second-order valence-corrected chi connectivity index (χ2v) is 6.48. The number of aryl methyl sites for hydroxylation is 1. The van der Waals surface area contributed by atoms with Crippen LogP contribution in [0.5, 0.6) is 0 Å². The number of nitrogens with zero attached hydrogens (tertiary/aromatic N) is 2. The van der Waals surface area contributed by atoms with Crippen LogP contribution in [0.2, 0.25) is 0 Å². The molecule has 2 rings (SSSR count). The van der Waals surface area contributed by atoms with Gasteiger partial charge in [0.05, 0.1) is 11.1 Å². The lowest BCUT2D eigenvalue weighted by atomic mass is 10.4. The van der Waals surface area contributed by atoms with E-state index in [1.54, 1.807) is 48.4 Å². The number of benzene rings is 1. The summed E-state index contributed by atoms with van der Waals surface area (Å²) in [5.74, 6) is 0. The summed E-state index contributed by atoms with van der Waals surface area (Å²) < 4.78 is 28.9. The summed E-state index contributed by atoms with van der Waals surface area (Å²) in [6.07, 6.45) is 3.40. The predicted octanol–water partition coefficient (Wildman–Crippen LogP) is 1.66. The summed E-state index contributed by atoms with van der Waals surface area (Å²) >= 11 is 3.26. The molecule has 1 heterocycles. The van der Waals surface area contributed by atoms with Crippen molar-refractivity contribution >= 4 is 26.0 Å². The molecule has 0 unspecified atom stereocenters. The van der Waals surface area contributed by atoms with Gasteiger partial charge in [-0.2, -0.15) is 5.10 Å².